The molecule has 0 amide bonds. The van der Waals surface area contributed by atoms with Gasteiger partial charge >= 0.3 is 0 Å². The summed E-state index contributed by atoms with van der Waals surface area (Å²) in [7, 11) is 0. The van der Waals surface area contributed by atoms with Gasteiger partial charge in [-0.05, 0) is 33.6 Å². The van der Waals surface area contributed by atoms with Crippen LogP contribution in [-0.4, -0.2) is 4.98 Å². The molecule has 0 aliphatic heterocycles. The summed E-state index contributed by atoms with van der Waals surface area (Å²) in [4.78, 5) is 4.69. The maximum absolute atomic E-state index is 4.37. The fourth-order valence-electron chi connectivity index (χ4n) is 1.49. The smallest absolute Gasteiger partial charge is 0.0450 e. The highest BCUT2D eigenvalue weighted by Gasteiger charge is 2.08. The monoisotopic (exact) mass is 339 g/mol. The summed E-state index contributed by atoms with van der Waals surface area (Å²) >= 11 is 7.07. The molecule has 16 heavy (non-hydrogen) atoms. The highest BCUT2D eigenvalue weighted by Crippen LogP contribution is 2.26. The molecular formula is C13H11Br2N. The van der Waals surface area contributed by atoms with Crippen LogP contribution in [0.4, 0.5) is 0 Å². The third-order valence-corrected chi connectivity index (χ3v) is 3.66. The number of halogens is 2. The van der Waals surface area contributed by atoms with E-state index in [4.69, 9.17) is 0 Å². The van der Waals surface area contributed by atoms with Crippen molar-refractivity contribution in [2.24, 2.45) is 0 Å². The molecule has 1 atom stereocenters. The van der Waals surface area contributed by atoms with E-state index in [1.807, 2.05) is 24.4 Å². The zero-order chi connectivity index (χ0) is 11.4. The number of benzene rings is 1. The van der Waals surface area contributed by atoms with Crippen molar-refractivity contribution in [2.45, 2.75) is 11.2 Å². The standard InChI is InChI=1S/C13H11Br2N/c14-11-6-7-12(16-9-11)8-13(15)10-4-2-1-3-5-10/h1-7,9,13H,8H2. The molecule has 0 radical (unpaired) electrons. The summed E-state index contributed by atoms with van der Waals surface area (Å²) in [5.41, 5.74) is 2.38. The first-order chi connectivity index (χ1) is 7.75. The Hall–Kier alpha value is -0.670. The number of alkyl halides is 1. The van der Waals surface area contributed by atoms with Gasteiger partial charge in [0.15, 0.2) is 0 Å². The first kappa shape index (κ1) is 11.8. The topological polar surface area (TPSA) is 12.9 Å². The molecule has 2 rings (SSSR count). The van der Waals surface area contributed by atoms with E-state index >= 15 is 0 Å². The Balaban J connectivity index is 2.08. The molecule has 1 nitrogen and oxygen atoms in total. The first-order valence-corrected chi connectivity index (χ1v) is 6.76. The predicted molar refractivity (Wildman–Crippen MR) is 73.8 cm³/mol. The molecule has 0 N–H and O–H groups in total. The van der Waals surface area contributed by atoms with Gasteiger partial charge in [0.1, 0.15) is 0 Å². The van der Waals surface area contributed by atoms with Crippen LogP contribution >= 0.6 is 31.9 Å². The molecule has 2 aromatic rings. The van der Waals surface area contributed by atoms with Crippen LogP contribution in [0.3, 0.4) is 0 Å². The van der Waals surface area contributed by atoms with Crippen LogP contribution in [0.25, 0.3) is 0 Å². The van der Waals surface area contributed by atoms with E-state index in [0.717, 1.165) is 16.6 Å². The second kappa shape index (κ2) is 5.60. The van der Waals surface area contributed by atoms with Gasteiger partial charge in [0.05, 0.1) is 0 Å². The third-order valence-electron chi connectivity index (χ3n) is 2.34. The zero-order valence-electron chi connectivity index (χ0n) is 8.61. The molecule has 82 valence electrons. The van der Waals surface area contributed by atoms with E-state index in [-0.39, 0.29) is 0 Å². The van der Waals surface area contributed by atoms with E-state index in [2.05, 4.69) is 61.1 Å². The Morgan fingerprint density at radius 1 is 1.06 bits per heavy atom. The molecule has 1 heterocycles. The van der Waals surface area contributed by atoms with Crippen molar-refractivity contribution in [1.82, 2.24) is 4.98 Å². The van der Waals surface area contributed by atoms with E-state index < -0.39 is 0 Å². The molecular weight excluding hydrogens is 330 g/mol. The average molecular weight is 341 g/mol. The Bertz CT molecular complexity index is 439. The maximum atomic E-state index is 4.37. The summed E-state index contributed by atoms with van der Waals surface area (Å²) < 4.78 is 1.02. The molecule has 0 bridgehead atoms. The summed E-state index contributed by atoms with van der Waals surface area (Å²) in [5, 5.41) is 0. The van der Waals surface area contributed by atoms with Gasteiger partial charge < -0.3 is 0 Å². The molecule has 3 heteroatoms. The van der Waals surface area contributed by atoms with Gasteiger partial charge in [-0.3, -0.25) is 4.98 Å². The van der Waals surface area contributed by atoms with Crippen LogP contribution in [0.15, 0.2) is 53.1 Å². The molecule has 0 fully saturated rings. The van der Waals surface area contributed by atoms with E-state index in [9.17, 15) is 0 Å². The van der Waals surface area contributed by atoms with Crippen molar-refractivity contribution in [1.29, 1.82) is 0 Å². The number of rotatable bonds is 3. The zero-order valence-corrected chi connectivity index (χ0v) is 11.8. The normalized spacial score (nSPS) is 12.4. The highest BCUT2D eigenvalue weighted by molar-refractivity contribution is 9.10. The SMILES string of the molecule is Brc1ccc(CC(Br)c2ccccc2)nc1. The van der Waals surface area contributed by atoms with Crippen LogP contribution < -0.4 is 0 Å². The number of hydrogen-bond donors (Lipinski definition) is 0. The second-order valence-corrected chi connectivity index (χ2v) is 5.57. The third kappa shape index (κ3) is 3.16. The van der Waals surface area contributed by atoms with Gasteiger partial charge in [0, 0.05) is 27.6 Å². The average Bonchev–Trinajstić information content (AvgIpc) is 2.33. The molecule has 0 spiro atoms. The van der Waals surface area contributed by atoms with E-state index in [1.54, 1.807) is 0 Å². The van der Waals surface area contributed by atoms with Crippen molar-refractivity contribution < 1.29 is 0 Å². The summed E-state index contributed by atoms with van der Waals surface area (Å²) in [5.74, 6) is 0. The predicted octanol–water partition coefficient (Wildman–Crippen LogP) is 4.52. The van der Waals surface area contributed by atoms with Gasteiger partial charge in [0.25, 0.3) is 0 Å². The Morgan fingerprint density at radius 3 is 2.44 bits per heavy atom. The number of pyridine rings is 1. The molecule has 0 aliphatic carbocycles. The van der Waals surface area contributed by atoms with Crippen molar-refractivity contribution in [3.05, 3.63) is 64.4 Å². The maximum Gasteiger partial charge on any atom is 0.0450 e. The lowest BCUT2D eigenvalue weighted by atomic mass is 10.1. The van der Waals surface area contributed by atoms with Gasteiger partial charge in [-0.25, -0.2) is 0 Å². The molecule has 0 saturated carbocycles. The molecule has 0 saturated heterocycles. The van der Waals surface area contributed by atoms with Gasteiger partial charge in [0.2, 0.25) is 0 Å². The molecule has 1 unspecified atom stereocenters. The quantitative estimate of drug-likeness (QED) is 0.748. The highest BCUT2D eigenvalue weighted by atomic mass is 79.9. The van der Waals surface area contributed by atoms with Crippen molar-refractivity contribution in [3.8, 4) is 0 Å². The number of hydrogen-bond acceptors (Lipinski definition) is 1. The second-order valence-electron chi connectivity index (χ2n) is 3.55. The summed E-state index contributed by atoms with van der Waals surface area (Å²) in [6.07, 6.45) is 2.73. The minimum Gasteiger partial charge on any atom is -0.260 e. The Kier molecular flexibility index (Phi) is 4.13. The van der Waals surface area contributed by atoms with Gasteiger partial charge in [-0.15, -0.1) is 0 Å². The Morgan fingerprint density at radius 2 is 1.81 bits per heavy atom. The van der Waals surface area contributed by atoms with E-state index in [0.29, 0.717) is 4.83 Å². The van der Waals surface area contributed by atoms with Crippen LogP contribution in [0.5, 0.6) is 0 Å². The van der Waals surface area contributed by atoms with Crippen LogP contribution in [-0.2, 0) is 6.42 Å². The lowest BCUT2D eigenvalue weighted by Crippen LogP contribution is -1.97. The number of nitrogens with zero attached hydrogens (tertiary/aromatic N) is 1. The minimum absolute atomic E-state index is 0.322. The van der Waals surface area contributed by atoms with Crippen LogP contribution in [0.2, 0.25) is 0 Å². The van der Waals surface area contributed by atoms with Crippen molar-refractivity contribution >= 4 is 31.9 Å². The number of aromatic nitrogens is 1. The van der Waals surface area contributed by atoms with Crippen molar-refractivity contribution in [3.63, 3.8) is 0 Å². The molecule has 0 aliphatic rings. The molecule has 1 aromatic heterocycles. The largest absolute Gasteiger partial charge is 0.260 e. The van der Waals surface area contributed by atoms with Crippen molar-refractivity contribution in [2.75, 3.05) is 0 Å². The van der Waals surface area contributed by atoms with Crippen LogP contribution in [0.1, 0.15) is 16.1 Å². The Labute approximate surface area is 112 Å². The van der Waals surface area contributed by atoms with Gasteiger partial charge in [-0.2, -0.15) is 0 Å². The lowest BCUT2D eigenvalue weighted by Gasteiger charge is -2.09. The summed E-state index contributed by atoms with van der Waals surface area (Å²) in [6.45, 7) is 0. The summed E-state index contributed by atoms with van der Waals surface area (Å²) in [6, 6.07) is 14.4. The fraction of sp³-hybridized carbons (Fsp3) is 0.154. The van der Waals surface area contributed by atoms with Crippen LogP contribution in [0, 0.1) is 0 Å². The van der Waals surface area contributed by atoms with E-state index in [1.165, 1.54) is 5.56 Å². The lowest BCUT2D eigenvalue weighted by molar-refractivity contribution is 0.903. The van der Waals surface area contributed by atoms with Gasteiger partial charge in [-0.1, -0.05) is 46.3 Å². The minimum atomic E-state index is 0.322. The first-order valence-electron chi connectivity index (χ1n) is 5.05. The molecule has 1 aromatic carbocycles. The fourth-order valence-corrected chi connectivity index (χ4v) is 2.36.